The molecule has 0 spiro atoms. The van der Waals surface area contributed by atoms with E-state index in [0.717, 1.165) is 0 Å². The summed E-state index contributed by atoms with van der Waals surface area (Å²) in [6.45, 7) is 4.58. The standard InChI is InChI=1S/C16H19ClF2N4O3/c1-5-23-13(11(17)12(22-23)14(24)25)8-7-20-10(21-16(2,3)4)6-9(8)26-15(18)19/h6-7,15H,5H2,1-4H3,(H,20,21)(H,24,25). The maximum Gasteiger partial charge on any atom is 0.387 e. The van der Waals surface area contributed by atoms with Crippen LogP contribution in [0, 0.1) is 0 Å². The molecule has 0 aromatic carbocycles. The summed E-state index contributed by atoms with van der Waals surface area (Å²) in [7, 11) is 0. The summed E-state index contributed by atoms with van der Waals surface area (Å²) in [5.74, 6) is -1.18. The van der Waals surface area contributed by atoms with Crippen LogP contribution in [-0.2, 0) is 6.54 Å². The summed E-state index contributed by atoms with van der Waals surface area (Å²) in [6.07, 6.45) is 1.30. The molecule has 10 heteroatoms. The van der Waals surface area contributed by atoms with E-state index in [9.17, 15) is 18.7 Å². The number of halogens is 3. The first-order valence-corrected chi connectivity index (χ1v) is 8.14. The molecule has 2 rings (SSSR count). The number of ether oxygens (including phenoxy) is 1. The van der Waals surface area contributed by atoms with Crippen molar-refractivity contribution in [2.45, 2.75) is 46.4 Å². The van der Waals surface area contributed by atoms with E-state index in [1.165, 1.54) is 16.9 Å². The number of aryl methyl sites for hydroxylation is 1. The first-order chi connectivity index (χ1) is 12.0. The number of anilines is 1. The van der Waals surface area contributed by atoms with E-state index in [-0.39, 0.29) is 39.8 Å². The van der Waals surface area contributed by atoms with Crippen LogP contribution in [0.4, 0.5) is 14.6 Å². The SMILES string of the molecule is CCn1nc(C(=O)O)c(Cl)c1-c1cnc(NC(C)(C)C)cc1OC(F)F. The number of carbonyl (C=O) groups is 1. The average molecular weight is 389 g/mol. The third-order valence-corrected chi connectivity index (χ3v) is 3.60. The molecule has 0 amide bonds. The molecule has 0 bridgehead atoms. The van der Waals surface area contributed by atoms with Gasteiger partial charge in [-0.25, -0.2) is 9.78 Å². The monoisotopic (exact) mass is 388 g/mol. The van der Waals surface area contributed by atoms with E-state index in [0.29, 0.717) is 5.82 Å². The molecule has 0 saturated carbocycles. The van der Waals surface area contributed by atoms with Gasteiger partial charge in [-0.3, -0.25) is 4.68 Å². The van der Waals surface area contributed by atoms with Gasteiger partial charge >= 0.3 is 12.6 Å². The lowest BCUT2D eigenvalue weighted by Crippen LogP contribution is -2.26. The van der Waals surface area contributed by atoms with Gasteiger partial charge in [0.05, 0.1) is 11.3 Å². The van der Waals surface area contributed by atoms with Crippen LogP contribution in [0.1, 0.15) is 38.2 Å². The highest BCUT2D eigenvalue weighted by Crippen LogP contribution is 2.38. The zero-order valence-electron chi connectivity index (χ0n) is 14.7. The van der Waals surface area contributed by atoms with Crippen LogP contribution in [0.15, 0.2) is 12.3 Å². The summed E-state index contributed by atoms with van der Waals surface area (Å²) in [5.41, 5.74) is -0.451. The lowest BCUT2D eigenvalue weighted by Gasteiger charge is -2.22. The molecule has 0 radical (unpaired) electrons. The first kappa shape index (κ1) is 19.9. The number of pyridine rings is 1. The highest BCUT2D eigenvalue weighted by Gasteiger charge is 2.26. The number of aromatic nitrogens is 3. The number of carboxylic acid groups (broad SMARTS) is 1. The van der Waals surface area contributed by atoms with Crippen molar-refractivity contribution in [2.75, 3.05) is 5.32 Å². The van der Waals surface area contributed by atoms with E-state index in [2.05, 4.69) is 20.1 Å². The molecule has 7 nitrogen and oxygen atoms in total. The van der Waals surface area contributed by atoms with Crippen LogP contribution in [0.5, 0.6) is 5.75 Å². The molecule has 2 aromatic heterocycles. The predicted molar refractivity (Wildman–Crippen MR) is 93.1 cm³/mol. The minimum Gasteiger partial charge on any atom is -0.476 e. The third kappa shape index (κ3) is 4.40. The number of hydrogen-bond acceptors (Lipinski definition) is 5. The van der Waals surface area contributed by atoms with Crippen molar-refractivity contribution in [2.24, 2.45) is 0 Å². The Hall–Kier alpha value is -2.42. The Morgan fingerprint density at radius 2 is 2.12 bits per heavy atom. The van der Waals surface area contributed by atoms with Crippen molar-refractivity contribution in [3.05, 3.63) is 23.0 Å². The van der Waals surface area contributed by atoms with Crippen LogP contribution in [-0.4, -0.2) is 38.0 Å². The Bertz CT molecular complexity index is 819. The summed E-state index contributed by atoms with van der Waals surface area (Å²) < 4.78 is 31.7. The number of carboxylic acids is 1. The van der Waals surface area contributed by atoms with Gasteiger partial charge in [0, 0.05) is 24.3 Å². The number of hydrogen-bond donors (Lipinski definition) is 2. The van der Waals surface area contributed by atoms with Crippen molar-refractivity contribution in [1.82, 2.24) is 14.8 Å². The Morgan fingerprint density at radius 1 is 1.46 bits per heavy atom. The largest absolute Gasteiger partial charge is 0.476 e. The summed E-state index contributed by atoms with van der Waals surface area (Å²) in [4.78, 5) is 15.5. The highest BCUT2D eigenvalue weighted by molar-refractivity contribution is 6.35. The zero-order valence-corrected chi connectivity index (χ0v) is 15.4. The molecule has 0 atom stereocenters. The van der Waals surface area contributed by atoms with Crippen LogP contribution in [0.25, 0.3) is 11.3 Å². The maximum absolute atomic E-state index is 12.9. The Balaban J connectivity index is 2.63. The molecule has 2 heterocycles. The highest BCUT2D eigenvalue weighted by atomic mass is 35.5. The molecule has 2 aromatic rings. The lowest BCUT2D eigenvalue weighted by atomic mass is 10.1. The van der Waals surface area contributed by atoms with E-state index in [4.69, 9.17) is 11.6 Å². The fourth-order valence-electron chi connectivity index (χ4n) is 2.32. The van der Waals surface area contributed by atoms with Gasteiger partial charge < -0.3 is 15.2 Å². The molecule has 142 valence electrons. The molecule has 0 aliphatic heterocycles. The first-order valence-electron chi connectivity index (χ1n) is 7.76. The normalized spacial score (nSPS) is 11.7. The number of aromatic carboxylic acids is 1. The fourth-order valence-corrected chi connectivity index (χ4v) is 2.64. The Kier molecular flexibility index (Phi) is 5.70. The topological polar surface area (TPSA) is 89.3 Å². The zero-order chi connectivity index (χ0) is 19.6. The molecule has 26 heavy (non-hydrogen) atoms. The summed E-state index contributed by atoms with van der Waals surface area (Å²) in [6, 6.07) is 1.32. The molecule has 2 N–H and O–H groups in total. The van der Waals surface area contributed by atoms with Crippen LogP contribution in [0.2, 0.25) is 5.02 Å². The molecule has 0 unspecified atom stereocenters. The van der Waals surface area contributed by atoms with Gasteiger partial charge in [0.15, 0.2) is 5.69 Å². The van der Waals surface area contributed by atoms with Gasteiger partial charge in [0.25, 0.3) is 0 Å². The minimum absolute atomic E-state index is 0.122. The second-order valence-corrected chi connectivity index (χ2v) is 6.83. The predicted octanol–water partition coefficient (Wildman–Crippen LogP) is 4.13. The number of alkyl halides is 2. The molecular weight excluding hydrogens is 370 g/mol. The Labute approximate surface area is 153 Å². The molecule has 0 aliphatic carbocycles. The lowest BCUT2D eigenvalue weighted by molar-refractivity contribution is -0.0494. The molecular formula is C16H19ClF2N4O3. The van der Waals surface area contributed by atoms with Crippen molar-refractivity contribution in [3.8, 4) is 17.0 Å². The molecule has 0 aliphatic rings. The van der Waals surface area contributed by atoms with Crippen LogP contribution < -0.4 is 10.1 Å². The summed E-state index contributed by atoms with van der Waals surface area (Å²) in [5, 5.41) is 16.0. The van der Waals surface area contributed by atoms with Gasteiger partial charge in [-0.1, -0.05) is 11.6 Å². The number of nitrogens with zero attached hydrogens (tertiary/aromatic N) is 3. The van der Waals surface area contributed by atoms with Gasteiger partial charge in [-0.05, 0) is 27.7 Å². The second kappa shape index (κ2) is 7.45. The van der Waals surface area contributed by atoms with E-state index < -0.39 is 12.6 Å². The van der Waals surface area contributed by atoms with Crippen molar-refractivity contribution in [1.29, 1.82) is 0 Å². The average Bonchev–Trinajstić information content (AvgIpc) is 2.82. The number of nitrogens with one attached hydrogen (secondary N) is 1. The molecule has 0 fully saturated rings. The minimum atomic E-state index is -3.07. The molecule has 0 saturated heterocycles. The van der Waals surface area contributed by atoms with Gasteiger partial charge in [0.2, 0.25) is 0 Å². The Morgan fingerprint density at radius 3 is 2.62 bits per heavy atom. The van der Waals surface area contributed by atoms with E-state index in [1.54, 1.807) is 6.92 Å². The van der Waals surface area contributed by atoms with Crippen LogP contribution in [0.3, 0.4) is 0 Å². The van der Waals surface area contributed by atoms with Gasteiger partial charge in [-0.2, -0.15) is 13.9 Å². The van der Waals surface area contributed by atoms with Crippen molar-refractivity contribution in [3.63, 3.8) is 0 Å². The van der Waals surface area contributed by atoms with E-state index >= 15 is 0 Å². The summed E-state index contributed by atoms with van der Waals surface area (Å²) >= 11 is 6.14. The third-order valence-electron chi connectivity index (χ3n) is 3.24. The number of rotatable bonds is 6. The maximum atomic E-state index is 12.9. The fraction of sp³-hybridized carbons (Fsp3) is 0.438. The van der Waals surface area contributed by atoms with Crippen LogP contribution >= 0.6 is 11.6 Å². The second-order valence-electron chi connectivity index (χ2n) is 6.45. The van der Waals surface area contributed by atoms with Gasteiger partial charge in [-0.15, -0.1) is 0 Å². The quantitative estimate of drug-likeness (QED) is 0.773. The van der Waals surface area contributed by atoms with Gasteiger partial charge in [0.1, 0.15) is 16.6 Å². The van der Waals surface area contributed by atoms with Crippen molar-refractivity contribution >= 4 is 23.4 Å². The van der Waals surface area contributed by atoms with Crippen molar-refractivity contribution < 1.29 is 23.4 Å². The smallest absolute Gasteiger partial charge is 0.387 e. The van der Waals surface area contributed by atoms with E-state index in [1.807, 2.05) is 20.8 Å².